The molecular weight excluding hydrogens is 234 g/mol. The van der Waals surface area contributed by atoms with Crippen molar-refractivity contribution in [2.75, 3.05) is 6.61 Å². The van der Waals surface area contributed by atoms with Crippen LogP contribution in [0.15, 0.2) is 29.6 Å². The summed E-state index contributed by atoms with van der Waals surface area (Å²) in [7, 11) is 0. The Balaban J connectivity index is 2.14. The minimum atomic E-state index is 0.483. The Hall–Kier alpha value is -1.68. The van der Waals surface area contributed by atoms with Gasteiger partial charge in [0.1, 0.15) is 16.5 Å². The highest BCUT2D eigenvalue weighted by Gasteiger charge is 2.04. The van der Waals surface area contributed by atoms with Gasteiger partial charge in [-0.15, -0.1) is 11.3 Å². The molecule has 0 fully saturated rings. The predicted molar refractivity (Wildman–Crippen MR) is 68.7 cm³/mol. The van der Waals surface area contributed by atoms with Crippen molar-refractivity contribution in [2.24, 2.45) is 0 Å². The van der Waals surface area contributed by atoms with E-state index in [1.807, 2.05) is 24.3 Å². The fourth-order valence-corrected chi connectivity index (χ4v) is 2.16. The number of carbonyl (C=O) groups is 1. The Morgan fingerprint density at radius 3 is 2.71 bits per heavy atom. The van der Waals surface area contributed by atoms with E-state index in [0.29, 0.717) is 5.69 Å². The summed E-state index contributed by atoms with van der Waals surface area (Å²) in [6.45, 7) is 2.80. The summed E-state index contributed by atoms with van der Waals surface area (Å²) in [6.07, 6.45) is 1.76. The lowest BCUT2D eigenvalue weighted by molar-refractivity contribution is 0.111. The maximum absolute atomic E-state index is 10.5. The Morgan fingerprint density at radius 1 is 1.35 bits per heavy atom. The molecule has 0 bridgehead atoms. The second-order valence-corrected chi connectivity index (χ2v) is 4.43. The van der Waals surface area contributed by atoms with Crippen molar-refractivity contribution in [1.82, 2.24) is 4.98 Å². The summed E-state index contributed by atoms with van der Waals surface area (Å²) in [5.41, 5.74) is 1.49. The van der Waals surface area contributed by atoms with Crippen LogP contribution in [0.25, 0.3) is 10.6 Å². The monoisotopic (exact) mass is 247 g/mol. The summed E-state index contributed by atoms with van der Waals surface area (Å²) in [5, 5.41) is 2.61. The van der Waals surface area contributed by atoms with E-state index < -0.39 is 0 Å². The molecule has 0 spiro atoms. The van der Waals surface area contributed by atoms with Gasteiger partial charge < -0.3 is 4.74 Å². The van der Waals surface area contributed by atoms with Gasteiger partial charge in [0.25, 0.3) is 0 Å². The van der Waals surface area contributed by atoms with Gasteiger partial charge in [-0.1, -0.05) is 6.92 Å². The Morgan fingerprint density at radius 2 is 2.12 bits per heavy atom. The zero-order chi connectivity index (χ0) is 12.1. The van der Waals surface area contributed by atoms with E-state index in [9.17, 15) is 4.79 Å². The normalized spacial score (nSPS) is 10.2. The number of hydrogen-bond acceptors (Lipinski definition) is 4. The van der Waals surface area contributed by atoms with Crippen molar-refractivity contribution < 1.29 is 9.53 Å². The summed E-state index contributed by atoms with van der Waals surface area (Å²) in [5.74, 6) is 0.864. The first-order valence-corrected chi connectivity index (χ1v) is 6.35. The number of carbonyl (C=O) groups excluding carboxylic acids is 1. The highest BCUT2D eigenvalue weighted by atomic mass is 32.1. The number of hydrogen-bond donors (Lipinski definition) is 0. The number of ether oxygens (including phenoxy) is 1. The molecule has 88 valence electrons. The minimum absolute atomic E-state index is 0.483. The van der Waals surface area contributed by atoms with Crippen LogP contribution in [0.4, 0.5) is 0 Å². The summed E-state index contributed by atoms with van der Waals surface area (Å²) in [4.78, 5) is 14.7. The van der Waals surface area contributed by atoms with E-state index in [2.05, 4.69) is 11.9 Å². The molecule has 0 atom stereocenters. The molecule has 0 aliphatic heterocycles. The molecule has 0 radical (unpaired) electrons. The molecule has 2 rings (SSSR count). The van der Waals surface area contributed by atoms with Gasteiger partial charge in [0.15, 0.2) is 6.29 Å². The van der Waals surface area contributed by atoms with Gasteiger partial charge in [-0.25, -0.2) is 4.98 Å². The minimum Gasteiger partial charge on any atom is -0.494 e. The lowest BCUT2D eigenvalue weighted by Gasteiger charge is -2.04. The zero-order valence-corrected chi connectivity index (χ0v) is 10.4. The molecular formula is C13H13NO2S. The average Bonchev–Trinajstić information content (AvgIpc) is 2.86. The quantitative estimate of drug-likeness (QED) is 0.760. The topological polar surface area (TPSA) is 39.2 Å². The molecule has 2 aromatic rings. The van der Waals surface area contributed by atoms with Crippen molar-refractivity contribution in [3.63, 3.8) is 0 Å². The highest BCUT2D eigenvalue weighted by molar-refractivity contribution is 7.13. The zero-order valence-electron chi connectivity index (χ0n) is 9.55. The van der Waals surface area contributed by atoms with Crippen molar-refractivity contribution in [1.29, 1.82) is 0 Å². The third-order valence-electron chi connectivity index (χ3n) is 2.22. The molecule has 1 aromatic heterocycles. The van der Waals surface area contributed by atoms with Gasteiger partial charge in [-0.05, 0) is 30.7 Å². The molecule has 17 heavy (non-hydrogen) atoms. The van der Waals surface area contributed by atoms with Crippen LogP contribution >= 0.6 is 11.3 Å². The third kappa shape index (κ3) is 2.91. The second-order valence-electron chi connectivity index (χ2n) is 3.57. The predicted octanol–water partition coefficient (Wildman–Crippen LogP) is 3.41. The Kier molecular flexibility index (Phi) is 3.88. The molecule has 0 unspecified atom stereocenters. The van der Waals surface area contributed by atoms with Crippen LogP contribution in [0.3, 0.4) is 0 Å². The van der Waals surface area contributed by atoms with Gasteiger partial charge in [-0.3, -0.25) is 4.79 Å². The summed E-state index contributed by atoms with van der Waals surface area (Å²) >= 11 is 1.47. The largest absolute Gasteiger partial charge is 0.494 e. The van der Waals surface area contributed by atoms with Gasteiger partial charge in [0, 0.05) is 10.9 Å². The van der Waals surface area contributed by atoms with Crippen LogP contribution in [-0.4, -0.2) is 17.9 Å². The number of rotatable bonds is 5. The van der Waals surface area contributed by atoms with Crippen LogP contribution in [0.2, 0.25) is 0 Å². The van der Waals surface area contributed by atoms with Gasteiger partial charge in [0.05, 0.1) is 6.61 Å². The first kappa shape index (κ1) is 11.8. The first-order valence-electron chi connectivity index (χ1n) is 5.47. The number of aromatic nitrogens is 1. The maximum atomic E-state index is 10.5. The molecule has 3 nitrogen and oxygen atoms in total. The Labute approximate surface area is 104 Å². The lowest BCUT2D eigenvalue weighted by Crippen LogP contribution is -1.94. The van der Waals surface area contributed by atoms with Crippen LogP contribution in [0.5, 0.6) is 5.75 Å². The van der Waals surface area contributed by atoms with Crippen molar-refractivity contribution in [3.8, 4) is 16.3 Å². The third-order valence-corrected chi connectivity index (χ3v) is 3.13. The van der Waals surface area contributed by atoms with E-state index in [4.69, 9.17) is 4.74 Å². The number of thiazole rings is 1. The molecule has 0 aliphatic rings. The van der Waals surface area contributed by atoms with Crippen LogP contribution < -0.4 is 4.74 Å². The van der Waals surface area contributed by atoms with E-state index in [-0.39, 0.29) is 0 Å². The van der Waals surface area contributed by atoms with Crippen LogP contribution in [-0.2, 0) is 0 Å². The number of benzene rings is 1. The molecule has 0 amide bonds. The van der Waals surface area contributed by atoms with E-state index >= 15 is 0 Å². The fraction of sp³-hybridized carbons (Fsp3) is 0.231. The van der Waals surface area contributed by atoms with Crippen LogP contribution in [0.1, 0.15) is 23.8 Å². The number of nitrogens with zero attached hydrogens (tertiary/aromatic N) is 1. The average molecular weight is 247 g/mol. The fourth-order valence-electron chi connectivity index (χ4n) is 1.39. The molecule has 0 aliphatic carbocycles. The molecule has 1 heterocycles. The molecule has 0 saturated carbocycles. The van der Waals surface area contributed by atoms with Crippen molar-refractivity contribution in [3.05, 3.63) is 35.3 Å². The highest BCUT2D eigenvalue weighted by Crippen LogP contribution is 2.25. The van der Waals surface area contributed by atoms with E-state index in [1.165, 1.54) is 11.3 Å². The van der Waals surface area contributed by atoms with Crippen molar-refractivity contribution in [2.45, 2.75) is 13.3 Å². The van der Waals surface area contributed by atoms with Gasteiger partial charge in [0.2, 0.25) is 0 Å². The van der Waals surface area contributed by atoms with E-state index in [1.54, 1.807) is 5.38 Å². The van der Waals surface area contributed by atoms with E-state index in [0.717, 1.165) is 35.6 Å². The number of aldehydes is 1. The molecule has 4 heteroatoms. The molecule has 0 N–H and O–H groups in total. The van der Waals surface area contributed by atoms with Crippen molar-refractivity contribution >= 4 is 17.6 Å². The first-order chi connectivity index (χ1) is 8.33. The Bertz CT molecular complexity index is 490. The smallest absolute Gasteiger partial charge is 0.169 e. The van der Waals surface area contributed by atoms with Crippen LogP contribution in [0, 0.1) is 0 Å². The molecule has 0 saturated heterocycles. The lowest BCUT2D eigenvalue weighted by atomic mass is 10.2. The SMILES string of the molecule is CCCOc1ccc(-c2nc(C=O)cs2)cc1. The van der Waals surface area contributed by atoms with Gasteiger partial charge >= 0.3 is 0 Å². The standard InChI is InChI=1S/C13H13NO2S/c1-2-7-16-12-5-3-10(4-6-12)13-14-11(8-15)9-17-13/h3-6,8-9H,2,7H2,1H3. The summed E-state index contributed by atoms with van der Waals surface area (Å²) < 4.78 is 5.50. The second kappa shape index (κ2) is 5.59. The maximum Gasteiger partial charge on any atom is 0.169 e. The summed E-state index contributed by atoms with van der Waals surface area (Å²) in [6, 6.07) is 7.76. The van der Waals surface area contributed by atoms with Gasteiger partial charge in [-0.2, -0.15) is 0 Å². The molecule has 1 aromatic carbocycles.